The van der Waals surface area contributed by atoms with Crippen molar-refractivity contribution in [3.05, 3.63) is 40.6 Å². The summed E-state index contributed by atoms with van der Waals surface area (Å²) in [5, 5.41) is 12.9. The Balaban J connectivity index is 2.48. The van der Waals surface area contributed by atoms with Gasteiger partial charge >= 0.3 is 0 Å². The largest absolute Gasteiger partial charge is 0.377 e. The second-order valence-corrected chi connectivity index (χ2v) is 4.31. The molecule has 14 heavy (non-hydrogen) atoms. The van der Waals surface area contributed by atoms with Gasteiger partial charge in [0.25, 0.3) is 0 Å². The van der Waals surface area contributed by atoms with Crippen molar-refractivity contribution in [2.75, 3.05) is 0 Å². The van der Waals surface area contributed by atoms with Crippen LogP contribution in [-0.2, 0) is 12.6 Å². The van der Waals surface area contributed by atoms with Crippen LogP contribution >= 0.6 is 11.3 Å². The summed E-state index contributed by atoms with van der Waals surface area (Å²) in [5.74, 6) is 0. The van der Waals surface area contributed by atoms with Crippen LogP contribution in [0.25, 0.3) is 0 Å². The normalized spacial score (nSPS) is 15.4. The fraction of sp³-hybridized carbons (Fsp3) is 0.300. The van der Waals surface area contributed by atoms with E-state index < -0.39 is 5.60 Å². The molecular weight excluding hydrogens is 196 g/mol. The molecule has 0 aliphatic rings. The minimum atomic E-state index is -0.994. The Kier molecular flexibility index (Phi) is 2.17. The molecule has 1 unspecified atom stereocenters. The maximum Gasteiger partial charge on any atom is 0.153 e. The lowest BCUT2D eigenvalue weighted by atomic mass is 10.0. The molecular formula is C10H12N2OS. The molecule has 0 radical (unpaired) electrons. The first kappa shape index (κ1) is 9.43. The highest BCUT2D eigenvalue weighted by Gasteiger charge is 2.30. The molecule has 1 N–H and O–H groups in total. The van der Waals surface area contributed by atoms with Crippen molar-refractivity contribution in [1.82, 2.24) is 9.55 Å². The monoisotopic (exact) mass is 208 g/mol. The van der Waals surface area contributed by atoms with Crippen LogP contribution < -0.4 is 0 Å². The molecule has 0 saturated heterocycles. The van der Waals surface area contributed by atoms with Crippen LogP contribution in [0.3, 0.4) is 0 Å². The molecule has 2 aromatic rings. The molecule has 1 atom stereocenters. The fourth-order valence-electron chi connectivity index (χ4n) is 1.54. The van der Waals surface area contributed by atoms with Crippen molar-refractivity contribution < 1.29 is 5.11 Å². The van der Waals surface area contributed by atoms with Crippen LogP contribution in [0, 0.1) is 0 Å². The Bertz CT molecular complexity index is 417. The van der Waals surface area contributed by atoms with Crippen molar-refractivity contribution in [3.8, 4) is 0 Å². The number of aryl methyl sites for hydroxylation is 1. The number of thiazole rings is 1. The maximum absolute atomic E-state index is 10.3. The van der Waals surface area contributed by atoms with Crippen molar-refractivity contribution >= 4 is 11.3 Å². The van der Waals surface area contributed by atoms with E-state index in [0.717, 1.165) is 10.7 Å². The molecule has 3 nitrogen and oxygen atoms in total. The van der Waals surface area contributed by atoms with Gasteiger partial charge in [0, 0.05) is 24.8 Å². The van der Waals surface area contributed by atoms with Gasteiger partial charge in [0.2, 0.25) is 0 Å². The molecule has 0 aromatic carbocycles. The molecule has 0 bridgehead atoms. The van der Waals surface area contributed by atoms with E-state index in [0.29, 0.717) is 0 Å². The summed E-state index contributed by atoms with van der Waals surface area (Å²) < 4.78 is 1.90. The number of nitrogens with zero attached hydrogens (tertiary/aromatic N) is 2. The number of hydrogen-bond acceptors (Lipinski definition) is 3. The lowest BCUT2D eigenvalue weighted by Gasteiger charge is -2.21. The van der Waals surface area contributed by atoms with Gasteiger partial charge in [-0.05, 0) is 19.1 Å². The van der Waals surface area contributed by atoms with Gasteiger partial charge in [-0.25, -0.2) is 4.98 Å². The van der Waals surface area contributed by atoms with Gasteiger partial charge in [0.15, 0.2) is 5.60 Å². The smallest absolute Gasteiger partial charge is 0.153 e. The van der Waals surface area contributed by atoms with E-state index in [1.54, 1.807) is 13.1 Å². The highest BCUT2D eigenvalue weighted by atomic mass is 32.1. The maximum atomic E-state index is 10.3. The van der Waals surface area contributed by atoms with Gasteiger partial charge in [0.1, 0.15) is 5.01 Å². The quantitative estimate of drug-likeness (QED) is 0.816. The molecule has 0 spiro atoms. The average molecular weight is 208 g/mol. The number of aliphatic hydroxyl groups is 1. The minimum Gasteiger partial charge on any atom is -0.377 e. The van der Waals surface area contributed by atoms with Gasteiger partial charge in [-0.3, -0.25) is 0 Å². The van der Waals surface area contributed by atoms with Crippen molar-refractivity contribution in [2.24, 2.45) is 7.05 Å². The van der Waals surface area contributed by atoms with Crippen molar-refractivity contribution in [1.29, 1.82) is 0 Å². The topological polar surface area (TPSA) is 38.0 Å². The fourth-order valence-corrected chi connectivity index (χ4v) is 2.25. The molecule has 74 valence electrons. The Morgan fingerprint density at radius 3 is 2.86 bits per heavy atom. The van der Waals surface area contributed by atoms with Crippen LogP contribution in [0.5, 0.6) is 0 Å². The zero-order valence-electron chi connectivity index (χ0n) is 8.14. The first-order valence-electron chi connectivity index (χ1n) is 4.36. The molecule has 4 heteroatoms. The van der Waals surface area contributed by atoms with Crippen LogP contribution in [-0.4, -0.2) is 14.7 Å². The third kappa shape index (κ3) is 1.36. The van der Waals surface area contributed by atoms with E-state index >= 15 is 0 Å². The van der Waals surface area contributed by atoms with Crippen LogP contribution in [0.15, 0.2) is 29.9 Å². The Morgan fingerprint density at radius 2 is 2.36 bits per heavy atom. The molecule has 2 aromatic heterocycles. The number of aromatic nitrogens is 2. The van der Waals surface area contributed by atoms with E-state index in [9.17, 15) is 5.11 Å². The first-order chi connectivity index (χ1) is 6.62. The van der Waals surface area contributed by atoms with E-state index in [1.807, 2.05) is 35.3 Å². The van der Waals surface area contributed by atoms with E-state index in [1.165, 1.54) is 11.3 Å². The predicted molar refractivity (Wildman–Crippen MR) is 56.2 cm³/mol. The summed E-state index contributed by atoms with van der Waals surface area (Å²) in [6, 6.07) is 3.82. The molecule has 0 fully saturated rings. The lowest BCUT2D eigenvalue weighted by Crippen LogP contribution is -2.25. The zero-order valence-corrected chi connectivity index (χ0v) is 8.95. The first-order valence-corrected chi connectivity index (χ1v) is 5.24. The standard InChI is InChI=1S/C10H12N2OS/c1-10(13,9-11-5-7-14-9)8-4-3-6-12(8)2/h3-7,13H,1-2H3. The van der Waals surface area contributed by atoms with Gasteiger partial charge in [0.05, 0.1) is 5.69 Å². The third-order valence-electron chi connectivity index (χ3n) is 2.29. The van der Waals surface area contributed by atoms with Crippen LogP contribution in [0.2, 0.25) is 0 Å². The Labute approximate surface area is 86.7 Å². The van der Waals surface area contributed by atoms with Crippen molar-refractivity contribution in [2.45, 2.75) is 12.5 Å². The average Bonchev–Trinajstić information content (AvgIpc) is 2.72. The summed E-state index contributed by atoms with van der Waals surface area (Å²) in [7, 11) is 1.91. The minimum absolute atomic E-state index is 0.722. The van der Waals surface area contributed by atoms with Crippen molar-refractivity contribution in [3.63, 3.8) is 0 Å². The molecule has 0 amide bonds. The van der Waals surface area contributed by atoms with Crippen LogP contribution in [0.4, 0.5) is 0 Å². The Hall–Kier alpha value is -1.13. The summed E-state index contributed by atoms with van der Waals surface area (Å²) >= 11 is 1.46. The summed E-state index contributed by atoms with van der Waals surface area (Å²) in [6.45, 7) is 1.77. The van der Waals surface area contributed by atoms with Gasteiger partial charge < -0.3 is 9.67 Å². The van der Waals surface area contributed by atoms with Crippen LogP contribution in [0.1, 0.15) is 17.6 Å². The molecule has 2 heterocycles. The molecule has 2 rings (SSSR count). The number of hydrogen-bond donors (Lipinski definition) is 1. The van der Waals surface area contributed by atoms with Gasteiger partial charge in [-0.15, -0.1) is 11.3 Å². The second kappa shape index (κ2) is 3.22. The third-order valence-corrected chi connectivity index (χ3v) is 3.28. The highest BCUT2D eigenvalue weighted by molar-refractivity contribution is 7.09. The second-order valence-electron chi connectivity index (χ2n) is 3.41. The number of rotatable bonds is 2. The lowest BCUT2D eigenvalue weighted by molar-refractivity contribution is 0.0939. The van der Waals surface area contributed by atoms with Gasteiger partial charge in [-0.1, -0.05) is 0 Å². The van der Waals surface area contributed by atoms with E-state index in [2.05, 4.69) is 4.98 Å². The highest BCUT2D eigenvalue weighted by Crippen LogP contribution is 2.30. The summed E-state index contributed by atoms with van der Waals surface area (Å²) in [6.07, 6.45) is 3.62. The molecule has 0 saturated carbocycles. The molecule has 0 aliphatic heterocycles. The Morgan fingerprint density at radius 1 is 1.57 bits per heavy atom. The zero-order chi connectivity index (χ0) is 10.2. The van der Waals surface area contributed by atoms with E-state index in [-0.39, 0.29) is 0 Å². The molecule has 0 aliphatic carbocycles. The SMILES string of the molecule is Cn1cccc1C(C)(O)c1nccs1. The summed E-state index contributed by atoms with van der Waals surface area (Å²) in [5.41, 5.74) is -0.140. The van der Waals surface area contributed by atoms with E-state index in [4.69, 9.17) is 0 Å². The summed E-state index contributed by atoms with van der Waals surface area (Å²) in [4.78, 5) is 4.14. The predicted octanol–water partition coefficient (Wildman–Crippen LogP) is 1.74. The van der Waals surface area contributed by atoms with Gasteiger partial charge in [-0.2, -0.15) is 0 Å².